The molecule has 1 aliphatic heterocycles. The normalized spacial score (nSPS) is 16.3. The molecule has 2 aromatic rings. The quantitative estimate of drug-likeness (QED) is 0.371. The van der Waals surface area contributed by atoms with Crippen LogP contribution in [0.5, 0.6) is 11.5 Å². The Balaban J connectivity index is 1.93. The minimum atomic E-state index is -0.0882. The predicted octanol–water partition coefficient (Wildman–Crippen LogP) is 5.84. The fraction of sp³-hybridized carbons (Fsp3) is 0.217. The van der Waals surface area contributed by atoms with Crippen LogP contribution >= 0.6 is 35.0 Å². The topological polar surface area (TPSA) is 51.1 Å². The predicted molar refractivity (Wildman–Crippen MR) is 129 cm³/mol. The number of benzene rings is 2. The Morgan fingerprint density at radius 2 is 2.00 bits per heavy atom. The van der Waals surface area contributed by atoms with Gasteiger partial charge in [-0.25, -0.2) is 0 Å². The highest BCUT2D eigenvalue weighted by atomic mass is 35.5. The number of carbonyl (C=O) groups is 1. The third-order valence-corrected chi connectivity index (χ3v) is 6.49. The van der Waals surface area contributed by atoms with E-state index in [9.17, 15) is 4.79 Å². The maximum Gasteiger partial charge on any atom is 0.266 e. The van der Waals surface area contributed by atoms with E-state index in [0.717, 1.165) is 16.7 Å². The van der Waals surface area contributed by atoms with Crippen LogP contribution in [0.1, 0.15) is 16.7 Å². The molecular weight excluding hydrogens is 455 g/mol. The number of nitrogens with zero attached hydrogens (tertiary/aromatic N) is 2. The molecule has 0 radical (unpaired) electrons. The van der Waals surface area contributed by atoms with Crippen LogP contribution in [-0.2, 0) is 17.8 Å². The third kappa shape index (κ3) is 5.26. The van der Waals surface area contributed by atoms with Gasteiger partial charge in [0.25, 0.3) is 5.91 Å². The second kappa shape index (κ2) is 10.3. The molecule has 0 spiro atoms. The van der Waals surface area contributed by atoms with E-state index in [1.807, 2.05) is 24.3 Å². The lowest BCUT2D eigenvalue weighted by Crippen LogP contribution is -2.23. The molecule has 0 unspecified atom stereocenters. The second-order valence-electron chi connectivity index (χ2n) is 6.72. The van der Waals surface area contributed by atoms with Gasteiger partial charge in [0.1, 0.15) is 6.61 Å². The van der Waals surface area contributed by atoms with E-state index in [2.05, 4.69) is 11.6 Å². The van der Waals surface area contributed by atoms with Gasteiger partial charge in [-0.05, 0) is 59.7 Å². The lowest BCUT2D eigenvalue weighted by molar-refractivity contribution is -0.121. The fourth-order valence-corrected chi connectivity index (χ4v) is 4.32. The van der Waals surface area contributed by atoms with Gasteiger partial charge in [-0.1, -0.05) is 35.3 Å². The van der Waals surface area contributed by atoms with Crippen molar-refractivity contribution in [3.63, 3.8) is 0 Å². The minimum Gasteiger partial charge on any atom is -0.493 e. The molecule has 1 fully saturated rings. The molecule has 3 rings (SSSR count). The average molecular weight is 477 g/mol. The maximum absolute atomic E-state index is 12.5. The number of carbonyl (C=O) groups excluding carboxylic acids is 1. The van der Waals surface area contributed by atoms with Crippen molar-refractivity contribution in [2.75, 3.05) is 21.2 Å². The van der Waals surface area contributed by atoms with Gasteiger partial charge in [-0.2, -0.15) is 0 Å². The number of likely N-dealkylation sites (N-methyl/N-ethyl adjacent to an activating group) is 1. The fourth-order valence-electron chi connectivity index (χ4n) is 3.08. The zero-order valence-corrected chi connectivity index (χ0v) is 19.8. The molecule has 0 bridgehead atoms. The number of aliphatic imine (C=N–C) groups is 1. The number of halogens is 2. The summed E-state index contributed by atoms with van der Waals surface area (Å²) in [7, 11) is 4.96. The summed E-state index contributed by atoms with van der Waals surface area (Å²) < 4.78 is 11.7. The van der Waals surface area contributed by atoms with Gasteiger partial charge in [0.05, 0.1) is 22.1 Å². The number of thioether (sulfide) groups is 1. The molecule has 0 aliphatic carbocycles. The van der Waals surface area contributed by atoms with Gasteiger partial charge in [-0.3, -0.25) is 14.7 Å². The number of amides is 1. The van der Waals surface area contributed by atoms with Crippen LogP contribution in [0.25, 0.3) is 6.08 Å². The molecule has 5 nitrogen and oxygen atoms in total. The second-order valence-corrected chi connectivity index (χ2v) is 8.55. The lowest BCUT2D eigenvalue weighted by atomic mass is 10.0. The molecule has 1 aliphatic rings. The van der Waals surface area contributed by atoms with Crippen molar-refractivity contribution in [1.82, 2.24) is 4.90 Å². The number of allylic oxidation sites excluding steroid dienone is 1. The number of hydrogen-bond donors (Lipinski definition) is 0. The van der Waals surface area contributed by atoms with Crippen LogP contribution < -0.4 is 9.47 Å². The first-order chi connectivity index (χ1) is 14.9. The average Bonchev–Trinajstić information content (AvgIpc) is 3.03. The summed E-state index contributed by atoms with van der Waals surface area (Å²) in [6.45, 7) is 4.14. The maximum atomic E-state index is 12.5. The van der Waals surface area contributed by atoms with Crippen LogP contribution in [0, 0.1) is 0 Å². The van der Waals surface area contributed by atoms with Crippen molar-refractivity contribution in [1.29, 1.82) is 0 Å². The lowest BCUT2D eigenvalue weighted by Gasteiger charge is -2.16. The highest BCUT2D eigenvalue weighted by Crippen LogP contribution is 2.37. The van der Waals surface area contributed by atoms with Crippen LogP contribution in [0.2, 0.25) is 10.0 Å². The van der Waals surface area contributed by atoms with E-state index >= 15 is 0 Å². The molecule has 0 aromatic heterocycles. The van der Waals surface area contributed by atoms with Gasteiger partial charge in [0, 0.05) is 19.7 Å². The van der Waals surface area contributed by atoms with E-state index in [-0.39, 0.29) is 5.91 Å². The van der Waals surface area contributed by atoms with Crippen molar-refractivity contribution in [2.24, 2.45) is 4.99 Å². The third-order valence-electron chi connectivity index (χ3n) is 4.60. The summed E-state index contributed by atoms with van der Waals surface area (Å²) >= 11 is 13.4. The monoisotopic (exact) mass is 476 g/mol. The van der Waals surface area contributed by atoms with E-state index in [1.54, 1.807) is 39.4 Å². The summed E-state index contributed by atoms with van der Waals surface area (Å²) in [6, 6.07) is 9.18. The number of hydrogen-bond acceptors (Lipinski definition) is 5. The number of rotatable bonds is 7. The van der Waals surface area contributed by atoms with E-state index < -0.39 is 0 Å². The molecule has 8 heteroatoms. The first-order valence-electron chi connectivity index (χ1n) is 9.40. The smallest absolute Gasteiger partial charge is 0.266 e. The van der Waals surface area contributed by atoms with E-state index in [4.69, 9.17) is 32.7 Å². The Kier molecular flexibility index (Phi) is 7.70. The number of ether oxygens (including phenoxy) is 2. The van der Waals surface area contributed by atoms with Crippen LogP contribution in [0.4, 0.5) is 0 Å². The Bertz CT molecular complexity index is 1080. The Morgan fingerprint density at radius 3 is 2.61 bits per heavy atom. The summed E-state index contributed by atoms with van der Waals surface area (Å²) in [4.78, 5) is 18.8. The SMILES string of the molecule is C=CCc1cc(/C=C2/SC(=NC)N(C)C2=O)cc(OC)c1OCc1ccc(Cl)c(Cl)c1. The highest BCUT2D eigenvalue weighted by Gasteiger charge is 2.29. The molecule has 1 amide bonds. The van der Waals surface area contributed by atoms with Gasteiger partial charge in [0.2, 0.25) is 0 Å². The van der Waals surface area contributed by atoms with Crippen molar-refractivity contribution in [3.05, 3.63) is 74.6 Å². The Labute approximate surface area is 196 Å². The Hall–Kier alpha value is -2.41. The first kappa shape index (κ1) is 23.3. The summed E-state index contributed by atoms with van der Waals surface area (Å²) in [5, 5.41) is 1.63. The molecule has 31 heavy (non-hydrogen) atoms. The first-order valence-corrected chi connectivity index (χ1v) is 11.0. The summed E-state index contributed by atoms with van der Waals surface area (Å²) in [6.07, 6.45) is 4.20. The molecule has 0 saturated carbocycles. The van der Waals surface area contributed by atoms with Gasteiger partial charge >= 0.3 is 0 Å². The Morgan fingerprint density at radius 1 is 1.23 bits per heavy atom. The van der Waals surface area contributed by atoms with Crippen LogP contribution in [-0.4, -0.2) is 37.2 Å². The molecule has 162 valence electrons. The van der Waals surface area contributed by atoms with Gasteiger partial charge < -0.3 is 9.47 Å². The molecule has 0 N–H and O–H groups in total. The minimum absolute atomic E-state index is 0.0882. The van der Waals surface area contributed by atoms with Gasteiger partial charge in [0.15, 0.2) is 16.7 Å². The summed E-state index contributed by atoms with van der Waals surface area (Å²) in [5.41, 5.74) is 2.61. The van der Waals surface area contributed by atoms with Crippen molar-refractivity contribution < 1.29 is 14.3 Å². The van der Waals surface area contributed by atoms with Crippen LogP contribution in [0.15, 0.2) is 52.9 Å². The molecule has 1 heterocycles. The van der Waals surface area contributed by atoms with Gasteiger partial charge in [-0.15, -0.1) is 6.58 Å². The molecule has 2 aromatic carbocycles. The van der Waals surface area contributed by atoms with Crippen molar-refractivity contribution in [3.8, 4) is 11.5 Å². The van der Waals surface area contributed by atoms with E-state index in [1.165, 1.54) is 16.7 Å². The largest absolute Gasteiger partial charge is 0.493 e. The molecular formula is C23H22Cl2N2O3S. The zero-order valence-electron chi connectivity index (χ0n) is 17.4. The van der Waals surface area contributed by atoms with Crippen LogP contribution in [0.3, 0.4) is 0 Å². The standard InChI is InChI=1S/C23H22Cl2N2O3S/c1-5-6-16-9-15(12-20-22(28)27(3)23(26-2)31-20)11-19(29-4)21(16)30-13-14-7-8-17(24)18(25)10-14/h5,7-12H,1,6,13H2,2-4H3/b20-12+,26-23?. The van der Waals surface area contributed by atoms with Crippen molar-refractivity contribution >= 4 is 52.1 Å². The van der Waals surface area contributed by atoms with Crippen molar-refractivity contribution in [2.45, 2.75) is 13.0 Å². The van der Waals surface area contributed by atoms with E-state index in [0.29, 0.717) is 44.6 Å². The molecule has 1 saturated heterocycles. The number of amidine groups is 1. The molecule has 0 atom stereocenters. The zero-order chi connectivity index (χ0) is 22.5. The number of methoxy groups -OCH3 is 1. The highest BCUT2D eigenvalue weighted by molar-refractivity contribution is 8.18. The summed E-state index contributed by atoms with van der Waals surface area (Å²) in [5.74, 6) is 1.10.